The van der Waals surface area contributed by atoms with Crippen molar-refractivity contribution in [1.29, 1.82) is 0 Å². The van der Waals surface area contributed by atoms with E-state index in [2.05, 4.69) is 15.0 Å². The molecular weight excluding hydrogens is 1280 g/mol. The van der Waals surface area contributed by atoms with Crippen LogP contribution < -0.4 is 0 Å². The SMILES string of the molecule is CC1(O)CCC(CS(=O)(=O)c2ccc(-c3ncc(F)cc3F)cc2C(F)(F)F)CC1.CC1(O)CCC(CS(=O)(=O)c2ccc(-c3ncc(F)cc3F)cc2C(F)(F)F)CC1.O=C1CCC(CS(=O)(=O)c2ccc(-c3ncc(F)cc3F)cc2C(F)(F)F)CC1. The van der Waals surface area contributed by atoms with Gasteiger partial charge < -0.3 is 10.2 Å². The molecule has 0 aliphatic heterocycles. The molecule has 0 unspecified atom stereocenters. The zero-order chi connectivity index (χ0) is 66.0. The zero-order valence-electron chi connectivity index (χ0n) is 47.0. The number of alkyl halides is 9. The molecule has 3 fully saturated rings. The van der Waals surface area contributed by atoms with Crippen LogP contribution in [-0.4, -0.2) is 84.7 Å². The number of benzene rings is 3. The monoisotopic (exact) mass is 1330 g/mol. The molecule has 3 saturated carbocycles. The molecule has 30 heteroatoms. The second-order valence-electron chi connectivity index (χ2n) is 22.8. The second kappa shape index (κ2) is 26.8. The van der Waals surface area contributed by atoms with Gasteiger partial charge in [-0.1, -0.05) is 18.2 Å². The number of halogens is 15. The number of Topliss-reactive ketones (excluding diaryl/α,β-unsaturated/α-hetero) is 1. The molecule has 0 radical (unpaired) electrons. The maximum atomic E-state index is 13.9. The third-order valence-electron chi connectivity index (χ3n) is 15.5. The molecule has 12 nitrogen and oxygen atoms in total. The van der Waals surface area contributed by atoms with Crippen molar-refractivity contribution in [1.82, 2.24) is 15.0 Å². The van der Waals surface area contributed by atoms with Gasteiger partial charge in [0.25, 0.3) is 0 Å². The van der Waals surface area contributed by atoms with Gasteiger partial charge in [0.05, 0.1) is 78.4 Å². The Kier molecular flexibility index (Phi) is 21.0. The van der Waals surface area contributed by atoms with E-state index in [1.54, 1.807) is 13.8 Å². The number of carbonyl (C=O) groups is 1. The Hall–Kier alpha value is -6.50. The minimum Gasteiger partial charge on any atom is -0.390 e. The van der Waals surface area contributed by atoms with Crippen LogP contribution in [0.1, 0.15) is 108 Å². The zero-order valence-corrected chi connectivity index (χ0v) is 49.4. The third-order valence-corrected chi connectivity index (χ3v) is 21.3. The molecule has 6 aromatic rings. The lowest BCUT2D eigenvalue weighted by molar-refractivity contribution is -0.140. The van der Waals surface area contributed by atoms with Gasteiger partial charge in [-0.15, -0.1) is 0 Å². The number of rotatable bonds is 12. The largest absolute Gasteiger partial charge is 0.417 e. The molecule has 2 N–H and O–H groups in total. The van der Waals surface area contributed by atoms with E-state index in [1.165, 1.54) is 0 Å². The molecule has 484 valence electrons. The number of sulfone groups is 3. The summed E-state index contributed by atoms with van der Waals surface area (Å²) in [5, 5.41) is 20.0. The van der Waals surface area contributed by atoms with Gasteiger partial charge in [0.15, 0.2) is 47.0 Å². The van der Waals surface area contributed by atoms with E-state index in [9.17, 15) is 106 Å². The maximum Gasteiger partial charge on any atom is 0.417 e. The van der Waals surface area contributed by atoms with E-state index in [0.717, 1.165) is 36.4 Å². The number of aromatic nitrogens is 3. The normalized spacial score (nSPS) is 20.7. The molecule has 9 rings (SSSR count). The van der Waals surface area contributed by atoms with Crippen molar-refractivity contribution in [3.8, 4) is 33.8 Å². The van der Waals surface area contributed by atoms with Crippen molar-refractivity contribution < 1.29 is 106 Å². The van der Waals surface area contributed by atoms with Gasteiger partial charge >= 0.3 is 18.5 Å². The lowest BCUT2D eigenvalue weighted by atomic mass is 9.81. The quantitative estimate of drug-likeness (QED) is 0.110. The van der Waals surface area contributed by atoms with Crippen LogP contribution in [0.15, 0.2) is 106 Å². The van der Waals surface area contributed by atoms with Gasteiger partial charge in [-0.05, 0) is 132 Å². The van der Waals surface area contributed by atoms with Crippen molar-refractivity contribution in [2.24, 2.45) is 17.8 Å². The molecule has 3 aliphatic carbocycles. The number of aliphatic hydroxyl groups is 2. The summed E-state index contributed by atoms with van der Waals surface area (Å²) in [4.78, 5) is 19.0. The van der Waals surface area contributed by atoms with Crippen molar-refractivity contribution in [3.63, 3.8) is 0 Å². The summed E-state index contributed by atoms with van der Waals surface area (Å²) < 4.78 is 280. The second-order valence-corrected chi connectivity index (χ2v) is 28.8. The molecule has 3 aromatic carbocycles. The standard InChI is InChI=1S/2C20H20F5NO3S.C19H16F5NO3S/c2*1-19(27)6-4-12(5-7-19)11-30(28,29)17-3-2-13(8-15(17)20(23,24)25)18-16(22)9-14(21)10-26-18;20-13-8-16(21)18(25-9-13)12-3-6-17(15(7-12)19(22,23)24)29(27,28)10-11-1-4-14(26)5-2-11/h2*2-3,8-10,12,27H,4-7,11H2,1H3;3,6-9,11H,1-2,4-5,10H2. The summed E-state index contributed by atoms with van der Waals surface area (Å²) in [6.07, 6.45) is -9.01. The van der Waals surface area contributed by atoms with Crippen molar-refractivity contribution >= 4 is 35.3 Å². The average Bonchev–Trinajstić information content (AvgIpc) is 1.19. The molecule has 0 bridgehead atoms. The van der Waals surface area contributed by atoms with Crippen LogP contribution in [0.2, 0.25) is 0 Å². The third kappa shape index (κ3) is 18.1. The van der Waals surface area contributed by atoms with Crippen LogP contribution in [0.3, 0.4) is 0 Å². The topological polar surface area (TPSA) is 199 Å². The van der Waals surface area contributed by atoms with Gasteiger partial charge in [-0.2, -0.15) is 39.5 Å². The molecule has 3 aromatic heterocycles. The Morgan fingerprint density at radius 1 is 0.427 bits per heavy atom. The van der Waals surface area contributed by atoms with E-state index in [4.69, 9.17) is 0 Å². The first-order valence-electron chi connectivity index (χ1n) is 27.3. The fourth-order valence-electron chi connectivity index (χ4n) is 10.7. The Labute approximate surface area is 501 Å². The first-order chi connectivity index (χ1) is 41.0. The maximum absolute atomic E-state index is 13.9. The summed E-state index contributed by atoms with van der Waals surface area (Å²) in [7, 11) is -12.9. The molecule has 89 heavy (non-hydrogen) atoms. The fraction of sp³-hybridized carbons (Fsp3) is 0.424. The minimum atomic E-state index is -5.02. The number of pyridine rings is 3. The van der Waals surface area contributed by atoms with Crippen molar-refractivity contribution in [2.45, 2.75) is 135 Å². The van der Waals surface area contributed by atoms with E-state index >= 15 is 0 Å². The highest BCUT2D eigenvalue weighted by Crippen LogP contribution is 2.43. The number of nitrogens with zero attached hydrogens (tertiary/aromatic N) is 3. The molecule has 0 spiro atoms. The first kappa shape index (κ1) is 70.0. The molecule has 3 heterocycles. The lowest BCUT2D eigenvalue weighted by Gasteiger charge is -2.33. The smallest absolute Gasteiger partial charge is 0.390 e. The van der Waals surface area contributed by atoms with E-state index in [1.807, 2.05) is 0 Å². The van der Waals surface area contributed by atoms with Crippen LogP contribution in [0, 0.1) is 52.7 Å². The van der Waals surface area contributed by atoms with Gasteiger partial charge in [0.2, 0.25) is 0 Å². The molecule has 0 atom stereocenters. The van der Waals surface area contributed by atoms with Crippen LogP contribution >= 0.6 is 0 Å². The molecule has 0 amide bonds. The molecule has 3 aliphatic rings. The van der Waals surface area contributed by atoms with Gasteiger partial charge in [0.1, 0.15) is 40.3 Å². The van der Waals surface area contributed by atoms with Crippen molar-refractivity contribution in [3.05, 3.63) is 143 Å². The van der Waals surface area contributed by atoms with Crippen LogP contribution in [-0.2, 0) is 52.8 Å². The highest BCUT2D eigenvalue weighted by Gasteiger charge is 2.43. The predicted octanol–water partition coefficient (Wildman–Crippen LogP) is 14.1. The highest BCUT2D eigenvalue weighted by atomic mass is 32.2. The van der Waals surface area contributed by atoms with Crippen LogP contribution in [0.5, 0.6) is 0 Å². The van der Waals surface area contributed by atoms with Crippen molar-refractivity contribution in [2.75, 3.05) is 17.3 Å². The molecular formula is C59H56F15N3O9S3. The average molecular weight is 1330 g/mol. The summed E-state index contributed by atoms with van der Waals surface area (Å²) in [5.74, 6) is -9.05. The number of hydrogen-bond acceptors (Lipinski definition) is 12. The summed E-state index contributed by atoms with van der Waals surface area (Å²) in [6.45, 7) is 3.28. The summed E-state index contributed by atoms with van der Waals surface area (Å²) >= 11 is 0. The fourth-order valence-corrected chi connectivity index (χ4v) is 16.4. The predicted molar refractivity (Wildman–Crippen MR) is 292 cm³/mol. The summed E-state index contributed by atoms with van der Waals surface area (Å²) in [5.41, 5.74) is -8.57. The van der Waals surface area contributed by atoms with Gasteiger partial charge in [-0.3, -0.25) is 19.7 Å². The van der Waals surface area contributed by atoms with E-state index < -0.39 is 166 Å². The van der Waals surface area contributed by atoms with Gasteiger partial charge in [0, 0.05) is 47.7 Å². The van der Waals surface area contributed by atoms with E-state index in [-0.39, 0.29) is 47.2 Å². The summed E-state index contributed by atoms with van der Waals surface area (Å²) in [6, 6.07) is 8.38. The lowest BCUT2D eigenvalue weighted by Crippen LogP contribution is -2.33. The minimum absolute atomic E-state index is 0.00723. The van der Waals surface area contributed by atoms with Crippen LogP contribution in [0.25, 0.3) is 33.8 Å². The Bertz CT molecular complexity index is 3760. The Morgan fingerprint density at radius 3 is 0.910 bits per heavy atom. The first-order valence-corrected chi connectivity index (χ1v) is 32.2. The Balaban J connectivity index is 0.000000190. The number of ketones is 1. The van der Waals surface area contributed by atoms with E-state index in [0.29, 0.717) is 119 Å². The number of carbonyl (C=O) groups excluding carboxylic acids is 1. The highest BCUT2D eigenvalue weighted by molar-refractivity contribution is 7.92. The van der Waals surface area contributed by atoms with Crippen LogP contribution in [0.4, 0.5) is 65.9 Å². The number of hydrogen-bond donors (Lipinski definition) is 2. The van der Waals surface area contributed by atoms with Gasteiger partial charge in [-0.25, -0.2) is 51.6 Å². The Morgan fingerprint density at radius 2 is 0.674 bits per heavy atom. The molecule has 0 saturated heterocycles.